The lowest BCUT2D eigenvalue weighted by molar-refractivity contribution is -0.121. The zero-order valence-corrected chi connectivity index (χ0v) is 13.1. The van der Waals surface area contributed by atoms with E-state index >= 15 is 0 Å². The zero-order valence-electron chi connectivity index (χ0n) is 13.1. The van der Waals surface area contributed by atoms with Gasteiger partial charge in [-0.2, -0.15) is 0 Å². The van der Waals surface area contributed by atoms with Gasteiger partial charge >= 0.3 is 0 Å². The molecule has 20 heavy (non-hydrogen) atoms. The van der Waals surface area contributed by atoms with E-state index in [1.54, 1.807) is 0 Å². The van der Waals surface area contributed by atoms with Crippen molar-refractivity contribution >= 4 is 5.91 Å². The molecule has 0 saturated carbocycles. The van der Waals surface area contributed by atoms with Gasteiger partial charge in [0.1, 0.15) is 0 Å². The lowest BCUT2D eigenvalue weighted by Gasteiger charge is -2.17. The first-order valence-corrected chi connectivity index (χ1v) is 7.76. The van der Waals surface area contributed by atoms with Crippen molar-refractivity contribution in [2.75, 3.05) is 26.2 Å². The molecular weight excluding hydrogens is 248 g/mol. The number of benzene rings is 1. The number of carbonyl (C=O) groups excluding carboxylic acids is 1. The lowest BCUT2D eigenvalue weighted by Crippen LogP contribution is -2.34. The summed E-state index contributed by atoms with van der Waals surface area (Å²) in [4.78, 5) is 14.1. The van der Waals surface area contributed by atoms with E-state index in [0.29, 0.717) is 6.42 Å². The van der Waals surface area contributed by atoms with Crippen molar-refractivity contribution < 1.29 is 4.79 Å². The Labute approximate surface area is 123 Å². The molecule has 0 aliphatic heterocycles. The molecule has 0 aliphatic carbocycles. The van der Waals surface area contributed by atoms with Crippen LogP contribution in [0.5, 0.6) is 0 Å². The number of aryl methyl sites for hydroxylation is 2. The summed E-state index contributed by atoms with van der Waals surface area (Å²) in [6, 6.07) is 8.55. The molecule has 3 nitrogen and oxygen atoms in total. The molecule has 1 rings (SSSR count). The lowest BCUT2D eigenvalue weighted by atomic mass is 10.1. The van der Waals surface area contributed by atoms with Crippen LogP contribution in [0.3, 0.4) is 0 Å². The third-order valence-corrected chi connectivity index (χ3v) is 3.72. The fourth-order valence-electron chi connectivity index (χ4n) is 2.18. The van der Waals surface area contributed by atoms with E-state index in [9.17, 15) is 4.79 Å². The molecule has 0 atom stereocenters. The molecule has 0 fully saturated rings. The van der Waals surface area contributed by atoms with Crippen molar-refractivity contribution in [3.05, 3.63) is 35.4 Å². The number of nitrogens with one attached hydrogen (secondary N) is 1. The molecule has 0 radical (unpaired) electrons. The van der Waals surface area contributed by atoms with Gasteiger partial charge in [-0.3, -0.25) is 4.79 Å². The number of likely N-dealkylation sites (N-methyl/N-ethyl adjacent to an activating group) is 1. The van der Waals surface area contributed by atoms with Gasteiger partial charge < -0.3 is 10.2 Å². The second-order valence-electron chi connectivity index (χ2n) is 5.05. The van der Waals surface area contributed by atoms with E-state index in [4.69, 9.17) is 0 Å². The van der Waals surface area contributed by atoms with Gasteiger partial charge in [-0.25, -0.2) is 0 Å². The number of nitrogens with zero attached hydrogens (tertiary/aromatic N) is 1. The van der Waals surface area contributed by atoms with Gasteiger partial charge in [0.2, 0.25) is 5.91 Å². The molecule has 1 amide bonds. The summed E-state index contributed by atoms with van der Waals surface area (Å²) in [5, 5.41) is 2.99. The Morgan fingerprint density at radius 1 is 1.05 bits per heavy atom. The van der Waals surface area contributed by atoms with E-state index in [-0.39, 0.29) is 5.91 Å². The largest absolute Gasteiger partial charge is 0.355 e. The first kappa shape index (κ1) is 16.7. The van der Waals surface area contributed by atoms with Crippen LogP contribution >= 0.6 is 0 Å². The molecule has 1 N–H and O–H groups in total. The minimum absolute atomic E-state index is 0.150. The van der Waals surface area contributed by atoms with Crippen molar-refractivity contribution in [2.24, 2.45) is 0 Å². The number of carbonyl (C=O) groups is 1. The third kappa shape index (κ3) is 6.20. The van der Waals surface area contributed by atoms with Crippen molar-refractivity contribution in [3.63, 3.8) is 0 Å². The molecular formula is C17H28N2O. The molecule has 3 heteroatoms. The quantitative estimate of drug-likeness (QED) is 0.752. The summed E-state index contributed by atoms with van der Waals surface area (Å²) in [5.41, 5.74) is 2.58. The van der Waals surface area contributed by atoms with Gasteiger partial charge in [0.25, 0.3) is 0 Å². The number of hydrogen-bond donors (Lipinski definition) is 1. The minimum atomic E-state index is 0.150. The normalized spacial score (nSPS) is 10.8. The number of hydrogen-bond acceptors (Lipinski definition) is 2. The summed E-state index contributed by atoms with van der Waals surface area (Å²) < 4.78 is 0. The summed E-state index contributed by atoms with van der Waals surface area (Å²) >= 11 is 0. The van der Waals surface area contributed by atoms with Gasteiger partial charge in [-0.1, -0.05) is 45.0 Å². The van der Waals surface area contributed by atoms with Crippen LogP contribution < -0.4 is 5.32 Å². The van der Waals surface area contributed by atoms with Crippen molar-refractivity contribution in [1.29, 1.82) is 0 Å². The molecule has 0 saturated heterocycles. The standard InChI is InChI=1S/C17H28N2O/c1-4-15-7-9-16(10-8-15)11-12-17(20)18-13-14-19(5-2)6-3/h7-10H,4-6,11-14H2,1-3H3,(H,18,20). The number of amides is 1. The summed E-state index contributed by atoms with van der Waals surface area (Å²) in [7, 11) is 0. The minimum Gasteiger partial charge on any atom is -0.355 e. The molecule has 0 unspecified atom stereocenters. The Balaban J connectivity index is 2.22. The Morgan fingerprint density at radius 2 is 1.65 bits per heavy atom. The van der Waals surface area contributed by atoms with Crippen LogP contribution in [0.15, 0.2) is 24.3 Å². The molecule has 1 aromatic carbocycles. The van der Waals surface area contributed by atoms with Gasteiger partial charge in [0.05, 0.1) is 0 Å². The summed E-state index contributed by atoms with van der Waals surface area (Å²) in [5.74, 6) is 0.150. The highest BCUT2D eigenvalue weighted by molar-refractivity contribution is 5.76. The fraction of sp³-hybridized carbons (Fsp3) is 0.588. The monoisotopic (exact) mass is 276 g/mol. The van der Waals surface area contributed by atoms with Gasteiger partial charge in [0.15, 0.2) is 0 Å². The second kappa shape index (κ2) is 9.54. The Morgan fingerprint density at radius 3 is 2.20 bits per heavy atom. The second-order valence-corrected chi connectivity index (χ2v) is 5.05. The Hall–Kier alpha value is -1.35. The highest BCUT2D eigenvalue weighted by Crippen LogP contribution is 2.07. The predicted octanol–water partition coefficient (Wildman–Crippen LogP) is 2.64. The van der Waals surface area contributed by atoms with E-state index < -0.39 is 0 Å². The van der Waals surface area contributed by atoms with E-state index in [1.807, 2.05) is 0 Å². The number of rotatable bonds is 9. The van der Waals surface area contributed by atoms with Crippen LogP contribution in [-0.2, 0) is 17.6 Å². The van der Waals surface area contributed by atoms with Crippen molar-refractivity contribution in [3.8, 4) is 0 Å². The zero-order chi connectivity index (χ0) is 14.8. The first-order valence-electron chi connectivity index (χ1n) is 7.76. The maximum atomic E-state index is 11.8. The molecule has 112 valence electrons. The first-order chi connectivity index (χ1) is 9.69. The third-order valence-electron chi connectivity index (χ3n) is 3.72. The molecule has 0 spiro atoms. The van der Waals surface area contributed by atoms with Crippen LogP contribution in [0.1, 0.15) is 38.3 Å². The summed E-state index contributed by atoms with van der Waals surface area (Å²) in [6.45, 7) is 10.2. The highest BCUT2D eigenvalue weighted by Gasteiger charge is 2.03. The summed E-state index contributed by atoms with van der Waals surface area (Å²) in [6.07, 6.45) is 2.46. The molecule has 0 aromatic heterocycles. The smallest absolute Gasteiger partial charge is 0.220 e. The van der Waals surface area contributed by atoms with Gasteiger partial charge in [0, 0.05) is 19.5 Å². The van der Waals surface area contributed by atoms with Crippen molar-refractivity contribution in [2.45, 2.75) is 40.0 Å². The van der Waals surface area contributed by atoms with Crippen LogP contribution in [0.25, 0.3) is 0 Å². The molecule has 0 aliphatic rings. The van der Waals surface area contributed by atoms with Gasteiger partial charge in [-0.15, -0.1) is 0 Å². The Bertz CT molecular complexity index is 382. The van der Waals surface area contributed by atoms with E-state index in [0.717, 1.165) is 39.0 Å². The maximum absolute atomic E-state index is 11.8. The van der Waals surface area contributed by atoms with Crippen LogP contribution in [-0.4, -0.2) is 37.0 Å². The molecule has 1 aromatic rings. The molecule has 0 heterocycles. The average molecular weight is 276 g/mol. The van der Waals surface area contributed by atoms with Crippen molar-refractivity contribution in [1.82, 2.24) is 10.2 Å². The van der Waals surface area contributed by atoms with E-state index in [1.165, 1.54) is 11.1 Å². The van der Waals surface area contributed by atoms with Crippen LogP contribution in [0.4, 0.5) is 0 Å². The van der Waals surface area contributed by atoms with Crippen LogP contribution in [0.2, 0.25) is 0 Å². The average Bonchev–Trinajstić information content (AvgIpc) is 2.50. The van der Waals surface area contributed by atoms with E-state index in [2.05, 4.69) is 55.3 Å². The fourth-order valence-corrected chi connectivity index (χ4v) is 2.18. The van der Waals surface area contributed by atoms with Gasteiger partial charge in [-0.05, 0) is 37.1 Å². The maximum Gasteiger partial charge on any atom is 0.220 e. The SMILES string of the molecule is CCc1ccc(CCC(=O)NCCN(CC)CC)cc1. The predicted molar refractivity (Wildman–Crippen MR) is 84.9 cm³/mol. The molecule has 0 bridgehead atoms. The topological polar surface area (TPSA) is 32.3 Å². The highest BCUT2D eigenvalue weighted by atomic mass is 16.1. The Kier molecular flexibility index (Phi) is 7.97. The van der Waals surface area contributed by atoms with Crippen LogP contribution in [0, 0.1) is 0 Å².